The third-order valence-electron chi connectivity index (χ3n) is 3.77. The molecule has 3 heteroatoms. The second-order valence-corrected chi connectivity index (χ2v) is 5.59. The first kappa shape index (κ1) is 13.3. The van der Waals surface area contributed by atoms with Crippen molar-refractivity contribution in [3.8, 4) is 5.75 Å². The molecule has 0 saturated heterocycles. The van der Waals surface area contributed by atoms with E-state index in [0.717, 1.165) is 17.9 Å². The molecule has 1 N–H and O–H groups in total. The van der Waals surface area contributed by atoms with Gasteiger partial charge in [-0.25, -0.2) is 0 Å². The summed E-state index contributed by atoms with van der Waals surface area (Å²) in [5, 5.41) is 4.12. The Labute approximate surface area is 124 Å². The number of hydrogen-bond acceptors (Lipinski definition) is 2. The maximum atomic E-state index is 6.23. The van der Waals surface area contributed by atoms with Gasteiger partial charge in [0.05, 0.1) is 16.8 Å². The number of anilines is 1. The summed E-state index contributed by atoms with van der Waals surface area (Å²) in [5.41, 5.74) is 3.47. The largest absolute Gasteiger partial charge is 0.480 e. The minimum Gasteiger partial charge on any atom is -0.480 e. The Kier molecular flexibility index (Phi) is 3.58. The van der Waals surface area contributed by atoms with Crippen molar-refractivity contribution < 1.29 is 4.74 Å². The summed E-state index contributed by atoms with van der Waals surface area (Å²) in [6, 6.07) is 14.6. The van der Waals surface area contributed by atoms with Crippen LogP contribution in [0.4, 0.5) is 5.69 Å². The van der Waals surface area contributed by atoms with Crippen LogP contribution < -0.4 is 10.1 Å². The second kappa shape index (κ2) is 5.37. The van der Waals surface area contributed by atoms with Crippen LogP contribution in [0.3, 0.4) is 0 Å². The van der Waals surface area contributed by atoms with Gasteiger partial charge in [0, 0.05) is 0 Å². The third kappa shape index (κ3) is 2.36. The van der Waals surface area contributed by atoms with E-state index in [-0.39, 0.29) is 12.1 Å². The smallest absolute Gasteiger partial charge is 0.162 e. The fourth-order valence-corrected chi connectivity index (χ4v) is 2.81. The molecule has 2 nitrogen and oxygen atoms in total. The minimum absolute atomic E-state index is 0.0201. The third-order valence-corrected chi connectivity index (χ3v) is 4.06. The van der Waals surface area contributed by atoms with Crippen molar-refractivity contribution in [2.45, 2.75) is 32.4 Å². The second-order valence-electron chi connectivity index (χ2n) is 5.18. The molecule has 2 aromatic rings. The van der Waals surface area contributed by atoms with E-state index in [1.54, 1.807) is 0 Å². The van der Waals surface area contributed by atoms with E-state index in [1.165, 1.54) is 11.1 Å². The van der Waals surface area contributed by atoms with Crippen molar-refractivity contribution in [1.82, 2.24) is 0 Å². The van der Waals surface area contributed by atoms with Crippen molar-refractivity contribution in [2.75, 3.05) is 5.32 Å². The Morgan fingerprint density at radius 3 is 2.60 bits per heavy atom. The molecule has 2 unspecified atom stereocenters. The Morgan fingerprint density at radius 2 is 1.90 bits per heavy atom. The average Bonchev–Trinajstić information content (AvgIpc) is 2.47. The fraction of sp³-hybridized carbons (Fsp3) is 0.294. The lowest BCUT2D eigenvalue weighted by Crippen LogP contribution is -2.32. The summed E-state index contributed by atoms with van der Waals surface area (Å²) in [4.78, 5) is 0. The Hall–Kier alpha value is -1.67. The summed E-state index contributed by atoms with van der Waals surface area (Å²) >= 11 is 6.23. The Balaban J connectivity index is 1.93. The number of hydrogen-bond donors (Lipinski definition) is 1. The molecule has 1 aliphatic heterocycles. The molecule has 0 aliphatic carbocycles. The van der Waals surface area contributed by atoms with E-state index < -0.39 is 0 Å². The van der Waals surface area contributed by atoms with Gasteiger partial charge in [0.15, 0.2) is 5.75 Å². The highest BCUT2D eigenvalue weighted by Gasteiger charge is 2.28. The van der Waals surface area contributed by atoms with Gasteiger partial charge in [-0.1, -0.05) is 48.9 Å². The number of nitrogens with one attached hydrogen (secondary N) is 1. The highest BCUT2D eigenvalue weighted by atomic mass is 35.5. The summed E-state index contributed by atoms with van der Waals surface area (Å²) in [6.07, 6.45) is 1.03. The van der Waals surface area contributed by atoms with E-state index in [4.69, 9.17) is 16.3 Å². The molecule has 0 saturated carbocycles. The molecule has 0 spiro atoms. The van der Waals surface area contributed by atoms with Crippen LogP contribution in [0.15, 0.2) is 42.5 Å². The molecular formula is C17H18ClNO. The first-order chi connectivity index (χ1) is 9.69. The first-order valence-electron chi connectivity index (χ1n) is 6.99. The number of rotatable bonds is 2. The topological polar surface area (TPSA) is 21.3 Å². The van der Waals surface area contributed by atoms with Crippen LogP contribution in [0.25, 0.3) is 0 Å². The highest BCUT2D eigenvalue weighted by Crippen LogP contribution is 2.41. The van der Waals surface area contributed by atoms with E-state index >= 15 is 0 Å². The van der Waals surface area contributed by atoms with Crippen LogP contribution in [-0.4, -0.2) is 6.04 Å². The predicted molar refractivity (Wildman–Crippen MR) is 83.7 cm³/mol. The van der Waals surface area contributed by atoms with E-state index in [9.17, 15) is 0 Å². The van der Waals surface area contributed by atoms with Gasteiger partial charge in [-0.3, -0.25) is 0 Å². The van der Waals surface area contributed by atoms with Crippen LogP contribution >= 0.6 is 11.6 Å². The molecule has 0 aromatic heterocycles. The van der Waals surface area contributed by atoms with Crippen LogP contribution in [0.2, 0.25) is 5.02 Å². The fourth-order valence-electron chi connectivity index (χ4n) is 2.59. The average molecular weight is 288 g/mol. The van der Waals surface area contributed by atoms with Gasteiger partial charge >= 0.3 is 0 Å². The molecular weight excluding hydrogens is 270 g/mol. The molecule has 0 bridgehead atoms. The van der Waals surface area contributed by atoms with Gasteiger partial charge in [-0.05, 0) is 36.6 Å². The summed E-state index contributed by atoms with van der Waals surface area (Å²) in [5.74, 6) is 0.747. The van der Waals surface area contributed by atoms with Gasteiger partial charge in [-0.2, -0.15) is 0 Å². The van der Waals surface area contributed by atoms with Gasteiger partial charge in [0.1, 0.15) is 6.10 Å². The lowest BCUT2D eigenvalue weighted by molar-refractivity contribution is 0.178. The molecule has 0 fully saturated rings. The van der Waals surface area contributed by atoms with Gasteiger partial charge in [-0.15, -0.1) is 0 Å². The van der Waals surface area contributed by atoms with Crippen LogP contribution in [0.5, 0.6) is 5.75 Å². The lowest BCUT2D eigenvalue weighted by atomic mass is 9.99. The zero-order valence-electron chi connectivity index (χ0n) is 11.7. The zero-order chi connectivity index (χ0) is 14.1. The van der Waals surface area contributed by atoms with Crippen molar-refractivity contribution in [3.63, 3.8) is 0 Å². The number of ether oxygens (including phenoxy) is 1. The van der Waals surface area contributed by atoms with Crippen LogP contribution in [-0.2, 0) is 6.42 Å². The summed E-state index contributed by atoms with van der Waals surface area (Å²) in [7, 11) is 0. The van der Waals surface area contributed by atoms with Crippen molar-refractivity contribution in [1.29, 1.82) is 0 Å². The van der Waals surface area contributed by atoms with Crippen molar-refractivity contribution in [2.24, 2.45) is 0 Å². The standard InChI is InChI=1S/C17H18ClNO/c1-3-12-7-9-13(10-8-12)16-11(2)19-15-6-4-5-14(18)17(15)20-16/h4-11,16,19H,3H2,1-2H3. The van der Waals surface area contributed by atoms with E-state index in [0.29, 0.717) is 5.02 Å². The SMILES string of the molecule is CCc1ccc(C2Oc3c(Cl)cccc3NC2C)cc1. The van der Waals surface area contributed by atoms with Crippen molar-refractivity contribution >= 4 is 17.3 Å². The molecule has 0 radical (unpaired) electrons. The Bertz CT molecular complexity index is 609. The molecule has 20 heavy (non-hydrogen) atoms. The quantitative estimate of drug-likeness (QED) is 0.853. The number of benzene rings is 2. The van der Waals surface area contributed by atoms with Gasteiger partial charge in [0.25, 0.3) is 0 Å². The molecule has 0 amide bonds. The lowest BCUT2D eigenvalue weighted by Gasteiger charge is -2.33. The number of aryl methyl sites for hydroxylation is 1. The first-order valence-corrected chi connectivity index (χ1v) is 7.37. The predicted octanol–water partition coefficient (Wildman–Crippen LogP) is 4.84. The van der Waals surface area contributed by atoms with E-state index in [1.807, 2.05) is 18.2 Å². The molecule has 104 valence electrons. The van der Waals surface area contributed by atoms with Crippen LogP contribution in [0, 0.1) is 0 Å². The highest BCUT2D eigenvalue weighted by molar-refractivity contribution is 6.32. The molecule has 3 rings (SSSR count). The van der Waals surface area contributed by atoms with Gasteiger partial charge < -0.3 is 10.1 Å². The van der Waals surface area contributed by atoms with Gasteiger partial charge in [0.2, 0.25) is 0 Å². The number of fused-ring (bicyclic) bond motifs is 1. The minimum atomic E-state index is -0.0201. The summed E-state index contributed by atoms with van der Waals surface area (Å²) in [6.45, 7) is 4.29. The molecule has 2 atom stereocenters. The molecule has 1 aliphatic rings. The monoisotopic (exact) mass is 287 g/mol. The molecule has 2 aromatic carbocycles. The van der Waals surface area contributed by atoms with Crippen LogP contribution in [0.1, 0.15) is 31.1 Å². The summed E-state index contributed by atoms with van der Waals surface area (Å²) < 4.78 is 6.14. The maximum Gasteiger partial charge on any atom is 0.162 e. The Morgan fingerprint density at radius 1 is 1.15 bits per heavy atom. The zero-order valence-corrected chi connectivity index (χ0v) is 12.4. The van der Waals surface area contributed by atoms with E-state index in [2.05, 4.69) is 43.4 Å². The normalized spacial score (nSPS) is 20.8. The van der Waals surface area contributed by atoms with Crippen molar-refractivity contribution in [3.05, 3.63) is 58.6 Å². The maximum absolute atomic E-state index is 6.23. The number of para-hydroxylation sites is 1. The molecule has 1 heterocycles. The number of halogens is 1.